The minimum atomic E-state index is -6.16. The fourth-order valence-corrected chi connectivity index (χ4v) is 8.95. The smallest absolute Gasteiger partial charge is 0.375 e. The van der Waals surface area contributed by atoms with Gasteiger partial charge < -0.3 is 4.18 Å². The van der Waals surface area contributed by atoms with E-state index in [1.165, 1.54) is 0 Å². The van der Waals surface area contributed by atoms with Gasteiger partial charge in [-0.3, -0.25) is 10.1 Å². The van der Waals surface area contributed by atoms with Crippen LogP contribution in [0.1, 0.15) is 90.4 Å². The Hall–Kier alpha value is -4.96. The molecule has 0 fully saturated rings. The van der Waals surface area contributed by atoms with Crippen LogP contribution in [0.25, 0.3) is 0 Å². The molecule has 4 bridgehead atoms. The lowest BCUT2D eigenvalue weighted by Crippen LogP contribution is -2.36. The van der Waals surface area contributed by atoms with E-state index in [-0.39, 0.29) is 27.9 Å². The van der Waals surface area contributed by atoms with Crippen LogP contribution in [0.2, 0.25) is 0 Å². The van der Waals surface area contributed by atoms with E-state index in [1.54, 1.807) is 24.3 Å². The van der Waals surface area contributed by atoms with Crippen LogP contribution in [0, 0.1) is 10.1 Å². The fourth-order valence-electron chi connectivity index (χ4n) is 8.45. The van der Waals surface area contributed by atoms with E-state index >= 15 is 0 Å². The Bertz CT molecular complexity index is 2060. The first-order valence-corrected chi connectivity index (χ1v) is 15.7. The van der Waals surface area contributed by atoms with Gasteiger partial charge >= 0.3 is 15.6 Å². The second-order valence-electron chi connectivity index (χ2n) is 11.8. The maximum atomic E-state index is 14.1. The van der Waals surface area contributed by atoms with Gasteiger partial charge in [0.25, 0.3) is 5.69 Å². The SMILES string of the molecule is O=[N+]([O-])c1c2c(c(OS(=O)(=O)C(F)(F)F)c3c1C1c4ccccc4C3c3ccccc31)C1c3ccccc3C2c2ccccc21. The zero-order chi connectivity index (χ0) is 31.0. The number of nitrogens with zero attached hydrogens (tertiary/aromatic N) is 1. The van der Waals surface area contributed by atoms with Gasteiger partial charge in [0, 0.05) is 45.9 Å². The first-order valence-electron chi connectivity index (χ1n) is 14.3. The summed E-state index contributed by atoms with van der Waals surface area (Å²) < 4.78 is 73.4. The van der Waals surface area contributed by atoms with E-state index in [1.807, 2.05) is 72.8 Å². The minimum absolute atomic E-state index is 0.109. The molecule has 5 aromatic rings. The second kappa shape index (κ2) is 8.60. The zero-order valence-corrected chi connectivity index (χ0v) is 23.9. The number of hydrogen-bond acceptors (Lipinski definition) is 5. The highest BCUT2D eigenvalue weighted by atomic mass is 32.2. The van der Waals surface area contributed by atoms with Crippen LogP contribution in [-0.2, 0) is 10.1 Å². The number of benzene rings is 5. The van der Waals surface area contributed by atoms with Crippen molar-refractivity contribution in [2.45, 2.75) is 29.2 Å². The van der Waals surface area contributed by atoms with Gasteiger partial charge in [-0.05, 0) is 44.5 Å². The van der Waals surface area contributed by atoms with Gasteiger partial charge in [-0.1, -0.05) is 97.1 Å². The van der Waals surface area contributed by atoms with Gasteiger partial charge in [-0.25, -0.2) is 0 Å². The summed E-state index contributed by atoms with van der Waals surface area (Å²) in [6, 6.07) is 29.4. The molecule has 10 heteroatoms. The highest BCUT2D eigenvalue weighted by Gasteiger charge is 2.56. The van der Waals surface area contributed by atoms with Crippen molar-refractivity contribution in [3.05, 3.63) is 174 Å². The lowest BCUT2D eigenvalue weighted by Gasteiger charge is -2.47. The molecule has 0 N–H and O–H groups in total. The summed E-state index contributed by atoms with van der Waals surface area (Å²) in [4.78, 5) is 12.9. The zero-order valence-electron chi connectivity index (χ0n) is 23.1. The van der Waals surface area contributed by atoms with Crippen molar-refractivity contribution < 1.29 is 30.7 Å². The molecule has 0 saturated carbocycles. The summed E-state index contributed by atoms with van der Waals surface area (Å²) >= 11 is 0. The molecule has 6 nitrogen and oxygen atoms in total. The van der Waals surface area contributed by atoms with E-state index in [9.17, 15) is 31.7 Å². The van der Waals surface area contributed by atoms with Crippen LogP contribution in [-0.4, -0.2) is 18.8 Å². The fraction of sp³-hybridized carbons (Fsp3) is 0.143. The highest BCUT2D eigenvalue weighted by molar-refractivity contribution is 7.88. The molecule has 0 heterocycles. The van der Waals surface area contributed by atoms with Gasteiger partial charge in [-0.2, -0.15) is 21.6 Å². The molecule has 222 valence electrons. The summed E-state index contributed by atoms with van der Waals surface area (Å²) in [5.41, 5.74) is 0.855. The van der Waals surface area contributed by atoms with Crippen molar-refractivity contribution >= 4 is 15.8 Å². The second-order valence-corrected chi connectivity index (χ2v) is 13.4. The molecule has 0 aromatic heterocycles. The standard InChI is InChI=1S/C35H20F3NO5S/c36-35(37,38)45(42,43)44-34-31-27-21-13-5-1-9-17(21)25(18-10-2-6-14-22(18)27)29(31)33(39(40)41)30-26-19-11-3-7-15-23(19)28(32(30)34)24-16-8-4-12-20(24)26/h1-16,25-28H. The lowest BCUT2D eigenvalue weighted by molar-refractivity contribution is -0.386. The first kappa shape index (κ1) is 26.4. The lowest BCUT2D eigenvalue weighted by atomic mass is 9.55. The first-order chi connectivity index (χ1) is 21.6. The van der Waals surface area contributed by atoms with E-state index in [0.717, 1.165) is 44.5 Å². The van der Waals surface area contributed by atoms with Crippen LogP contribution in [0.4, 0.5) is 18.9 Å². The molecule has 0 radical (unpaired) electrons. The minimum Gasteiger partial charge on any atom is -0.375 e. The predicted octanol–water partition coefficient (Wildman–Crippen LogP) is 7.80. The predicted molar refractivity (Wildman–Crippen MR) is 158 cm³/mol. The summed E-state index contributed by atoms with van der Waals surface area (Å²) in [7, 11) is -6.16. The summed E-state index contributed by atoms with van der Waals surface area (Å²) in [5.74, 6) is -3.47. The van der Waals surface area contributed by atoms with Gasteiger partial charge in [-0.15, -0.1) is 0 Å². The molecule has 0 atom stereocenters. The van der Waals surface area contributed by atoms with Crippen molar-refractivity contribution in [3.8, 4) is 5.75 Å². The quantitative estimate of drug-likeness (QED) is 0.0868. The Morgan fingerprint density at radius 3 is 1.07 bits per heavy atom. The molecule has 5 aromatic carbocycles. The van der Waals surface area contributed by atoms with E-state index < -0.39 is 50.0 Å². The summed E-state index contributed by atoms with van der Waals surface area (Å²) in [6.45, 7) is 0. The van der Waals surface area contributed by atoms with Crippen molar-refractivity contribution in [3.63, 3.8) is 0 Å². The molecule has 0 amide bonds. The van der Waals surface area contributed by atoms with Gasteiger partial charge in [0.05, 0.1) is 4.92 Å². The number of hydrogen-bond donors (Lipinski definition) is 0. The molecule has 0 saturated heterocycles. The molecule has 11 rings (SSSR count). The topological polar surface area (TPSA) is 86.5 Å². The van der Waals surface area contributed by atoms with Crippen molar-refractivity contribution in [2.24, 2.45) is 0 Å². The molecule has 45 heavy (non-hydrogen) atoms. The van der Waals surface area contributed by atoms with Crippen molar-refractivity contribution in [1.82, 2.24) is 0 Å². The van der Waals surface area contributed by atoms with E-state index in [2.05, 4.69) is 0 Å². The third kappa shape index (κ3) is 3.22. The van der Waals surface area contributed by atoms with Gasteiger partial charge in [0.1, 0.15) is 0 Å². The summed E-state index contributed by atoms with van der Waals surface area (Å²) in [5, 5.41) is 13.4. The summed E-state index contributed by atoms with van der Waals surface area (Å²) in [6.07, 6.45) is 0. The van der Waals surface area contributed by atoms with E-state index in [4.69, 9.17) is 4.18 Å². The molecule has 6 aliphatic rings. The largest absolute Gasteiger partial charge is 0.534 e. The Labute approximate surface area is 255 Å². The average molecular weight is 624 g/mol. The van der Waals surface area contributed by atoms with Crippen LogP contribution in [0.3, 0.4) is 0 Å². The van der Waals surface area contributed by atoms with E-state index in [0.29, 0.717) is 0 Å². The third-order valence-electron chi connectivity index (χ3n) is 9.87. The third-order valence-corrected chi connectivity index (χ3v) is 10.8. The van der Waals surface area contributed by atoms with Crippen LogP contribution in [0.15, 0.2) is 97.1 Å². The normalized spacial score (nSPS) is 21.1. The number of nitro groups is 1. The van der Waals surface area contributed by atoms with Crippen LogP contribution >= 0.6 is 0 Å². The Morgan fingerprint density at radius 2 is 0.822 bits per heavy atom. The van der Waals surface area contributed by atoms with Crippen molar-refractivity contribution in [1.29, 1.82) is 0 Å². The van der Waals surface area contributed by atoms with Crippen LogP contribution in [0.5, 0.6) is 5.75 Å². The average Bonchev–Trinajstić information content (AvgIpc) is 3.03. The molecule has 0 spiro atoms. The van der Waals surface area contributed by atoms with Crippen molar-refractivity contribution in [2.75, 3.05) is 0 Å². The molecule has 6 aliphatic carbocycles. The number of nitro benzene ring substituents is 1. The Balaban J connectivity index is 1.49. The molecular weight excluding hydrogens is 603 g/mol. The van der Waals surface area contributed by atoms with Gasteiger partial charge in [0.15, 0.2) is 5.75 Å². The molecular formula is C35H20F3NO5S. The number of alkyl halides is 3. The van der Waals surface area contributed by atoms with Gasteiger partial charge in [0.2, 0.25) is 0 Å². The molecule has 0 unspecified atom stereocenters. The maximum Gasteiger partial charge on any atom is 0.534 e. The molecule has 0 aliphatic heterocycles. The Kier molecular flexibility index (Phi) is 5.05. The van der Waals surface area contributed by atoms with Crippen LogP contribution < -0.4 is 4.18 Å². The monoisotopic (exact) mass is 623 g/mol. The Morgan fingerprint density at radius 1 is 0.556 bits per heavy atom. The number of rotatable bonds is 3. The maximum absolute atomic E-state index is 14.1. The number of halogens is 3. The highest BCUT2D eigenvalue weighted by Crippen LogP contribution is 2.67.